The van der Waals surface area contributed by atoms with Gasteiger partial charge in [-0.2, -0.15) is 5.26 Å². The molecule has 7 heteroatoms. The van der Waals surface area contributed by atoms with Crippen LogP contribution in [0.2, 0.25) is 0 Å². The molecule has 0 bridgehead atoms. The zero-order valence-electron chi connectivity index (χ0n) is 18.2. The normalized spacial score (nSPS) is 16.2. The summed E-state index contributed by atoms with van der Waals surface area (Å²) in [6, 6.07) is 8.21. The van der Waals surface area contributed by atoms with Crippen LogP contribution >= 0.6 is 0 Å². The lowest BCUT2D eigenvalue weighted by atomic mass is 9.90. The Morgan fingerprint density at radius 3 is 2.75 bits per heavy atom. The second-order valence-electron chi connectivity index (χ2n) is 7.81. The van der Waals surface area contributed by atoms with Crippen LogP contribution in [0.15, 0.2) is 60.1 Å². The van der Waals surface area contributed by atoms with Crippen molar-refractivity contribution in [2.75, 3.05) is 5.32 Å². The third kappa shape index (κ3) is 4.01. The molecule has 1 atom stereocenters. The Kier molecular flexibility index (Phi) is 6.31. The molecule has 3 aromatic rings. The fraction of sp³-hybridized carbons (Fsp3) is 0.320. The van der Waals surface area contributed by atoms with Gasteiger partial charge in [-0.1, -0.05) is 26.0 Å². The van der Waals surface area contributed by atoms with Crippen molar-refractivity contribution in [1.29, 1.82) is 5.26 Å². The quantitative estimate of drug-likeness (QED) is 0.464. The third-order valence-electron chi connectivity index (χ3n) is 5.95. The van der Waals surface area contributed by atoms with Gasteiger partial charge in [0.2, 0.25) is 0 Å². The van der Waals surface area contributed by atoms with Gasteiger partial charge in [0.25, 0.3) is 0 Å². The minimum Gasteiger partial charge on any atom is -0.337 e. The fourth-order valence-corrected chi connectivity index (χ4v) is 4.21. The summed E-state index contributed by atoms with van der Waals surface area (Å²) in [6.45, 7) is 4.27. The number of imidazole rings is 1. The average molecular weight is 434 g/mol. The van der Waals surface area contributed by atoms with Crippen LogP contribution in [0, 0.1) is 11.3 Å². The van der Waals surface area contributed by atoms with E-state index in [2.05, 4.69) is 41.3 Å². The average Bonchev–Trinajstić information content (AvgIpc) is 3.25. The standard InChI is InChI=1S/C25H25F2N5/c1-3-16-7-9-19(14-17(16)4-2)31-24-25-30-15-21(32(25)13-12-29-24)20-10-8-18(6-5-11-28)22(26)23(20)27/h7-9,12-15,20H,3-6,10H2,1-2H3,(H,29,31). The summed E-state index contributed by atoms with van der Waals surface area (Å²) >= 11 is 0. The molecule has 0 saturated carbocycles. The Bertz CT molecular complexity index is 1250. The van der Waals surface area contributed by atoms with Crippen LogP contribution < -0.4 is 5.32 Å². The fourth-order valence-electron chi connectivity index (χ4n) is 4.21. The van der Waals surface area contributed by atoms with E-state index in [-0.39, 0.29) is 18.4 Å². The number of hydrogen-bond donors (Lipinski definition) is 1. The van der Waals surface area contributed by atoms with Gasteiger partial charge in [0.15, 0.2) is 17.3 Å². The first kappa shape index (κ1) is 21.7. The van der Waals surface area contributed by atoms with Crippen LogP contribution in [0.4, 0.5) is 20.3 Å². The molecule has 1 unspecified atom stereocenters. The molecule has 1 aliphatic carbocycles. The Morgan fingerprint density at radius 2 is 2.00 bits per heavy atom. The Hall–Kier alpha value is -3.53. The molecule has 0 saturated heterocycles. The number of fused-ring (bicyclic) bond motifs is 1. The van der Waals surface area contributed by atoms with Crippen molar-refractivity contribution < 1.29 is 8.78 Å². The topological polar surface area (TPSA) is 66.0 Å². The predicted octanol–water partition coefficient (Wildman–Crippen LogP) is 6.47. The third-order valence-corrected chi connectivity index (χ3v) is 5.95. The largest absolute Gasteiger partial charge is 0.337 e. The van der Waals surface area contributed by atoms with Crippen molar-refractivity contribution in [2.24, 2.45) is 0 Å². The van der Waals surface area contributed by atoms with Gasteiger partial charge in [-0.05, 0) is 54.5 Å². The van der Waals surface area contributed by atoms with Crippen LogP contribution in [-0.2, 0) is 12.8 Å². The minimum absolute atomic E-state index is 0.159. The Balaban J connectivity index is 1.65. The summed E-state index contributed by atoms with van der Waals surface area (Å²) in [7, 11) is 0. The number of aromatic nitrogens is 3. The molecular weight excluding hydrogens is 408 g/mol. The first-order valence-electron chi connectivity index (χ1n) is 10.9. The molecule has 0 aliphatic heterocycles. The van der Waals surface area contributed by atoms with Crippen LogP contribution in [-0.4, -0.2) is 14.4 Å². The lowest BCUT2D eigenvalue weighted by molar-refractivity contribution is 0.466. The van der Waals surface area contributed by atoms with Gasteiger partial charge in [-0.25, -0.2) is 18.7 Å². The van der Waals surface area contributed by atoms with E-state index in [9.17, 15) is 8.78 Å². The van der Waals surface area contributed by atoms with Gasteiger partial charge in [-0.3, -0.25) is 4.40 Å². The van der Waals surface area contributed by atoms with E-state index in [0.717, 1.165) is 18.5 Å². The summed E-state index contributed by atoms with van der Waals surface area (Å²) in [5.74, 6) is -1.88. The molecule has 32 heavy (non-hydrogen) atoms. The van der Waals surface area contributed by atoms with E-state index in [0.29, 0.717) is 23.6 Å². The minimum atomic E-state index is -0.859. The number of rotatable bonds is 7. The van der Waals surface area contributed by atoms with E-state index in [1.165, 1.54) is 11.1 Å². The highest BCUT2D eigenvalue weighted by Gasteiger charge is 2.29. The second-order valence-corrected chi connectivity index (χ2v) is 7.81. The zero-order chi connectivity index (χ0) is 22.7. The molecule has 164 valence electrons. The van der Waals surface area contributed by atoms with E-state index in [4.69, 9.17) is 5.26 Å². The number of hydrogen-bond acceptors (Lipinski definition) is 4. The van der Waals surface area contributed by atoms with Crippen LogP contribution in [0.3, 0.4) is 0 Å². The molecule has 0 radical (unpaired) electrons. The van der Waals surface area contributed by atoms with Gasteiger partial charge >= 0.3 is 0 Å². The van der Waals surface area contributed by atoms with E-state index >= 15 is 0 Å². The van der Waals surface area contributed by atoms with E-state index < -0.39 is 17.6 Å². The van der Waals surface area contributed by atoms with Crippen molar-refractivity contribution in [3.05, 3.63) is 76.9 Å². The number of nitriles is 1. The second kappa shape index (κ2) is 9.31. The first-order valence-corrected chi connectivity index (χ1v) is 10.9. The predicted molar refractivity (Wildman–Crippen MR) is 121 cm³/mol. The maximum absolute atomic E-state index is 14.9. The first-order chi connectivity index (χ1) is 15.6. The van der Waals surface area contributed by atoms with Gasteiger partial charge in [0, 0.05) is 24.5 Å². The molecule has 0 fully saturated rings. The summed E-state index contributed by atoms with van der Waals surface area (Å²) in [5, 5.41) is 12.0. The van der Waals surface area contributed by atoms with Crippen molar-refractivity contribution in [1.82, 2.24) is 14.4 Å². The molecule has 1 aliphatic rings. The van der Waals surface area contributed by atoms with E-state index in [1.54, 1.807) is 29.1 Å². The summed E-state index contributed by atoms with van der Waals surface area (Å²) < 4.78 is 31.3. The molecular formula is C25H25F2N5. The molecule has 4 rings (SSSR count). The molecule has 1 aromatic carbocycles. The van der Waals surface area contributed by atoms with Crippen LogP contribution in [0.5, 0.6) is 0 Å². The lowest BCUT2D eigenvalue weighted by Gasteiger charge is -2.20. The number of benzene rings is 1. The Morgan fingerprint density at radius 1 is 1.19 bits per heavy atom. The van der Waals surface area contributed by atoms with Crippen molar-refractivity contribution in [3.63, 3.8) is 0 Å². The monoisotopic (exact) mass is 433 g/mol. The molecule has 1 N–H and O–H groups in total. The highest BCUT2D eigenvalue weighted by Crippen LogP contribution is 2.40. The van der Waals surface area contributed by atoms with Crippen molar-refractivity contribution in [3.8, 4) is 6.07 Å². The lowest BCUT2D eigenvalue weighted by Crippen LogP contribution is -2.09. The number of halogens is 2. The van der Waals surface area contributed by atoms with Gasteiger partial charge in [0.1, 0.15) is 5.83 Å². The summed E-state index contributed by atoms with van der Waals surface area (Å²) in [6.07, 6.45) is 9.19. The molecule has 2 heterocycles. The van der Waals surface area contributed by atoms with Crippen LogP contribution in [0.1, 0.15) is 55.8 Å². The van der Waals surface area contributed by atoms with Crippen molar-refractivity contribution >= 4 is 17.2 Å². The summed E-state index contributed by atoms with van der Waals surface area (Å²) in [4.78, 5) is 8.88. The maximum Gasteiger partial charge on any atom is 0.180 e. The maximum atomic E-state index is 14.9. The molecule has 5 nitrogen and oxygen atoms in total. The van der Waals surface area contributed by atoms with Gasteiger partial charge < -0.3 is 5.32 Å². The molecule has 0 amide bonds. The van der Waals surface area contributed by atoms with Crippen molar-refractivity contribution in [2.45, 2.75) is 51.9 Å². The smallest absolute Gasteiger partial charge is 0.180 e. The molecule has 0 spiro atoms. The Labute approximate surface area is 186 Å². The zero-order valence-corrected chi connectivity index (χ0v) is 18.2. The number of allylic oxidation sites excluding steroid dienone is 4. The highest BCUT2D eigenvalue weighted by atomic mass is 19.2. The van der Waals surface area contributed by atoms with E-state index in [1.807, 2.05) is 12.1 Å². The number of aryl methyl sites for hydroxylation is 2. The van der Waals surface area contributed by atoms with Crippen LogP contribution in [0.25, 0.3) is 5.65 Å². The SMILES string of the molecule is CCc1ccc(Nc2nccn3c(C4CC=C(CCC#N)C(F)=C4F)cnc23)cc1CC. The number of nitrogens with one attached hydrogen (secondary N) is 1. The van der Waals surface area contributed by atoms with Gasteiger partial charge in [-0.15, -0.1) is 0 Å². The van der Waals surface area contributed by atoms with Gasteiger partial charge in [0.05, 0.1) is 23.9 Å². The number of anilines is 2. The summed E-state index contributed by atoms with van der Waals surface area (Å²) in [5.41, 5.74) is 4.87. The number of nitrogens with zero attached hydrogens (tertiary/aromatic N) is 4. The molecule has 2 aromatic heterocycles. The highest BCUT2D eigenvalue weighted by molar-refractivity contribution is 5.71.